The van der Waals surface area contributed by atoms with Gasteiger partial charge in [-0.15, -0.1) is 21.6 Å². The van der Waals surface area contributed by atoms with Crippen molar-refractivity contribution in [2.45, 2.75) is 6.92 Å². The van der Waals surface area contributed by atoms with Crippen LogP contribution in [0.1, 0.15) is 10.4 Å². The van der Waals surface area contributed by atoms with Crippen molar-refractivity contribution in [2.75, 3.05) is 11.2 Å². The van der Waals surface area contributed by atoms with Crippen LogP contribution in [0.3, 0.4) is 0 Å². The molecule has 0 unspecified atom stereocenters. The van der Waals surface area contributed by atoms with Crippen LogP contribution in [0.4, 0.5) is 16.4 Å². The minimum absolute atomic E-state index is 0. The Balaban J connectivity index is 0.00000264. The summed E-state index contributed by atoms with van der Waals surface area (Å²) in [4.78, 5) is 0.976. The van der Waals surface area contributed by atoms with E-state index in [9.17, 15) is 13.0 Å². The molecule has 0 bridgehead atoms. The second-order valence-electron chi connectivity index (χ2n) is 4.31. The summed E-state index contributed by atoms with van der Waals surface area (Å²) in [5, 5.41) is 20.1. The van der Waals surface area contributed by atoms with E-state index in [-0.39, 0.29) is 29.6 Å². The van der Waals surface area contributed by atoms with Gasteiger partial charge >= 0.3 is 29.6 Å². The summed E-state index contributed by atoms with van der Waals surface area (Å²) < 4.78 is 31.5. The number of benzene rings is 1. The number of nitrogens with zero attached hydrogens (tertiary/aromatic N) is 3. The van der Waals surface area contributed by atoms with E-state index in [2.05, 4.69) is 21.6 Å². The van der Waals surface area contributed by atoms with Crippen LogP contribution in [0.25, 0.3) is 0 Å². The Labute approximate surface area is 160 Å². The molecule has 1 N–H and O–H groups in total. The Morgan fingerprint density at radius 3 is 2.52 bits per heavy atom. The van der Waals surface area contributed by atoms with Crippen LogP contribution < -0.4 is 34.9 Å². The van der Waals surface area contributed by atoms with Gasteiger partial charge in [0.15, 0.2) is 5.00 Å². The quantitative estimate of drug-likeness (QED) is 0.467. The van der Waals surface area contributed by atoms with Crippen molar-refractivity contribution in [3.05, 3.63) is 40.8 Å². The summed E-state index contributed by atoms with van der Waals surface area (Å²) in [5.41, 5.74) is 1.51. The van der Waals surface area contributed by atoms with E-state index in [0.29, 0.717) is 21.9 Å². The topological polar surface area (TPSA) is 118 Å². The summed E-state index contributed by atoms with van der Waals surface area (Å²) in [7, 11) is -4.32. The van der Waals surface area contributed by atoms with E-state index in [4.69, 9.17) is 5.26 Å². The van der Waals surface area contributed by atoms with Crippen LogP contribution >= 0.6 is 11.3 Å². The molecule has 114 valence electrons. The Kier molecular flexibility index (Phi) is 7.34. The van der Waals surface area contributed by atoms with Crippen molar-refractivity contribution in [1.29, 1.82) is 5.26 Å². The van der Waals surface area contributed by atoms with Gasteiger partial charge in [-0.1, -0.05) is 0 Å². The Morgan fingerprint density at radius 1 is 1.30 bits per heavy atom. The van der Waals surface area contributed by atoms with E-state index in [1.54, 1.807) is 30.3 Å². The second-order valence-corrected chi connectivity index (χ2v) is 6.95. The predicted octanol–water partition coefficient (Wildman–Crippen LogP) is 0.262. The zero-order chi connectivity index (χ0) is 16.2. The molecule has 10 heteroatoms. The maximum atomic E-state index is 10.5. The van der Waals surface area contributed by atoms with Gasteiger partial charge in [-0.05, 0) is 37.3 Å². The number of hydrogen-bond donors (Lipinski definition) is 1. The normalized spacial score (nSPS) is 11.0. The average Bonchev–Trinajstić information content (AvgIpc) is 2.83. The predicted molar refractivity (Wildman–Crippen MR) is 82.6 cm³/mol. The molecule has 1 heterocycles. The molecule has 1 aromatic carbocycles. The van der Waals surface area contributed by atoms with Crippen LogP contribution in [-0.2, 0) is 10.1 Å². The number of anilines is 1. The third-order valence-corrected chi connectivity index (χ3v) is 3.97. The van der Waals surface area contributed by atoms with Gasteiger partial charge in [0.1, 0.15) is 22.1 Å². The van der Waals surface area contributed by atoms with Crippen LogP contribution in [0.15, 0.2) is 40.6 Å². The van der Waals surface area contributed by atoms with Crippen molar-refractivity contribution < 1.29 is 42.5 Å². The Bertz CT molecular complexity index is 839. The summed E-state index contributed by atoms with van der Waals surface area (Å²) in [6.45, 7) is 1.88. The van der Waals surface area contributed by atoms with Crippen molar-refractivity contribution in [3.8, 4) is 6.07 Å². The molecule has 0 aliphatic carbocycles. The fourth-order valence-corrected chi connectivity index (χ4v) is 2.70. The van der Waals surface area contributed by atoms with Crippen LogP contribution in [0.5, 0.6) is 0 Å². The molecular weight excluding hydrogens is 347 g/mol. The fraction of sp³-hybridized carbons (Fsp3) is 0.154. The van der Waals surface area contributed by atoms with Gasteiger partial charge in [0, 0.05) is 10.6 Å². The largest absolute Gasteiger partial charge is 1.00 e. The van der Waals surface area contributed by atoms with E-state index >= 15 is 0 Å². The van der Waals surface area contributed by atoms with Crippen LogP contribution in [-0.4, -0.2) is 18.8 Å². The maximum Gasteiger partial charge on any atom is 1.00 e. The Hall–Kier alpha value is -1.28. The molecule has 0 aliphatic heterocycles. The van der Waals surface area contributed by atoms with Gasteiger partial charge in [-0.2, -0.15) is 5.26 Å². The minimum Gasteiger partial charge on any atom is -0.747 e. The smallest absolute Gasteiger partial charge is 0.747 e. The minimum atomic E-state index is -4.32. The van der Waals surface area contributed by atoms with Crippen molar-refractivity contribution >= 4 is 37.8 Å². The van der Waals surface area contributed by atoms with Crippen molar-refractivity contribution in [1.82, 2.24) is 0 Å². The molecule has 0 spiro atoms. The average molecular weight is 358 g/mol. The van der Waals surface area contributed by atoms with Crippen molar-refractivity contribution in [3.63, 3.8) is 0 Å². The third kappa shape index (κ3) is 6.39. The van der Waals surface area contributed by atoms with Gasteiger partial charge in [0.05, 0.1) is 11.3 Å². The fourth-order valence-electron chi connectivity index (χ4n) is 1.58. The molecule has 7 nitrogen and oxygen atoms in total. The molecular formula is C13H11N4NaO3S2. The van der Waals surface area contributed by atoms with Gasteiger partial charge < -0.3 is 9.87 Å². The number of thiophene rings is 1. The summed E-state index contributed by atoms with van der Waals surface area (Å²) in [5.74, 6) is -0.673. The number of rotatable bonds is 5. The molecule has 2 aromatic rings. The van der Waals surface area contributed by atoms with Crippen LogP contribution in [0, 0.1) is 18.3 Å². The van der Waals surface area contributed by atoms with E-state index < -0.39 is 16.0 Å². The number of nitrogens with one attached hydrogen (secondary N) is 1. The van der Waals surface area contributed by atoms with Crippen molar-refractivity contribution in [2.24, 2.45) is 10.2 Å². The van der Waals surface area contributed by atoms with Gasteiger partial charge in [-0.3, -0.25) is 0 Å². The number of azo groups is 1. The maximum absolute atomic E-state index is 10.5. The first kappa shape index (κ1) is 19.8. The number of aryl methyl sites for hydroxylation is 1. The third-order valence-electron chi connectivity index (χ3n) is 2.53. The van der Waals surface area contributed by atoms with E-state index in [1.165, 1.54) is 11.3 Å². The monoisotopic (exact) mass is 358 g/mol. The first-order chi connectivity index (χ1) is 10.4. The van der Waals surface area contributed by atoms with Gasteiger partial charge in [-0.25, -0.2) is 8.42 Å². The Morgan fingerprint density at radius 2 is 1.96 bits per heavy atom. The molecule has 23 heavy (non-hydrogen) atoms. The summed E-state index contributed by atoms with van der Waals surface area (Å²) in [6, 6.07) is 10.2. The number of nitriles is 1. The molecule has 0 saturated heterocycles. The molecule has 0 fully saturated rings. The van der Waals surface area contributed by atoms with Gasteiger partial charge in [0.25, 0.3) is 0 Å². The standard InChI is InChI=1S/C13H12N4O3S2.Na/c1-9-6-10(7-14)13(21-9)17-16-12-4-2-11(3-5-12)15-8-22(18,19)20;/h2-6,15H,8H2,1H3,(H,18,19,20);/q;+1/p-1. The molecule has 1 aromatic heterocycles. The molecule has 0 atom stereocenters. The number of hydrogen-bond acceptors (Lipinski definition) is 8. The van der Waals surface area contributed by atoms with Crippen LogP contribution in [0.2, 0.25) is 0 Å². The summed E-state index contributed by atoms with van der Waals surface area (Å²) >= 11 is 1.38. The first-order valence-corrected chi connectivity index (χ1v) is 8.46. The molecule has 0 aliphatic rings. The van der Waals surface area contributed by atoms with E-state index in [0.717, 1.165) is 4.88 Å². The van der Waals surface area contributed by atoms with E-state index in [1.807, 2.05) is 6.92 Å². The zero-order valence-electron chi connectivity index (χ0n) is 12.5. The molecule has 0 saturated carbocycles. The first-order valence-electron chi connectivity index (χ1n) is 6.07. The summed E-state index contributed by atoms with van der Waals surface area (Å²) in [6.07, 6.45) is 0. The zero-order valence-corrected chi connectivity index (χ0v) is 16.1. The van der Waals surface area contributed by atoms with Gasteiger partial charge in [0.2, 0.25) is 0 Å². The SMILES string of the molecule is Cc1cc(C#N)c(N=Nc2ccc(NCS(=O)(=O)[O-])cc2)s1.[Na+]. The molecule has 0 amide bonds. The molecule has 2 rings (SSSR count). The molecule has 0 radical (unpaired) electrons. The second kappa shape index (κ2) is 8.54.